The quantitative estimate of drug-likeness (QED) is 0.439. The molecule has 2 aliphatic heterocycles. The van der Waals surface area contributed by atoms with E-state index in [4.69, 9.17) is 11.6 Å². The van der Waals surface area contributed by atoms with Crippen molar-refractivity contribution in [1.82, 2.24) is 14.8 Å². The van der Waals surface area contributed by atoms with E-state index in [0.717, 1.165) is 10.5 Å². The zero-order valence-electron chi connectivity index (χ0n) is 16.8. The van der Waals surface area contributed by atoms with Crippen molar-refractivity contribution in [2.75, 3.05) is 6.54 Å². The van der Waals surface area contributed by atoms with Crippen LogP contribution in [0, 0.1) is 5.82 Å². The highest BCUT2D eigenvalue weighted by atomic mass is 35.5. The fourth-order valence-electron chi connectivity index (χ4n) is 4.32. The average molecular weight is 450 g/mol. The third kappa shape index (κ3) is 3.44. The molecule has 1 atom stereocenters. The summed E-state index contributed by atoms with van der Waals surface area (Å²) in [7, 11) is 0. The lowest BCUT2D eigenvalue weighted by Gasteiger charge is -2.31. The smallest absolute Gasteiger partial charge is 0.261 e. The lowest BCUT2D eigenvalue weighted by atomic mass is 10.0. The average Bonchev–Trinajstić information content (AvgIpc) is 3.22. The van der Waals surface area contributed by atoms with Crippen molar-refractivity contribution in [3.8, 4) is 0 Å². The normalized spacial score (nSPS) is 15.9. The van der Waals surface area contributed by atoms with Crippen LogP contribution in [0.4, 0.5) is 4.39 Å². The zero-order chi connectivity index (χ0) is 22.4. The van der Waals surface area contributed by atoms with E-state index in [-0.39, 0.29) is 30.6 Å². The van der Waals surface area contributed by atoms with Crippen LogP contribution in [0.15, 0.2) is 60.8 Å². The maximum atomic E-state index is 13.8. The van der Waals surface area contributed by atoms with Gasteiger partial charge in [0.15, 0.2) is 0 Å². The van der Waals surface area contributed by atoms with Gasteiger partial charge in [-0.05, 0) is 47.9 Å². The maximum absolute atomic E-state index is 13.8. The van der Waals surface area contributed by atoms with Crippen molar-refractivity contribution in [2.24, 2.45) is 0 Å². The molecule has 160 valence electrons. The van der Waals surface area contributed by atoms with E-state index in [1.807, 2.05) is 0 Å². The van der Waals surface area contributed by atoms with Gasteiger partial charge in [0.25, 0.3) is 17.7 Å². The van der Waals surface area contributed by atoms with E-state index in [1.165, 1.54) is 18.3 Å². The van der Waals surface area contributed by atoms with Gasteiger partial charge in [-0.25, -0.2) is 9.37 Å². The molecule has 5 rings (SSSR count). The number of carbonyl (C=O) groups excluding carboxylic acids is 3. The van der Waals surface area contributed by atoms with Gasteiger partial charge in [-0.3, -0.25) is 19.3 Å². The molecule has 1 unspecified atom stereocenters. The van der Waals surface area contributed by atoms with Gasteiger partial charge in [0, 0.05) is 12.7 Å². The Labute approximate surface area is 188 Å². The lowest BCUT2D eigenvalue weighted by molar-refractivity contribution is 0.0527. The van der Waals surface area contributed by atoms with E-state index in [9.17, 15) is 18.8 Å². The van der Waals surface area contributed by atoms with Gasteiger partial charge in [-0.1, -0.05) is 35.9 Å². The number of hydrogen-bond donors (Lipinski definition) is 0. The monoisotopic (exact) mass is 449 g/mol. The predicted molar refractivity (Wildman–Crippen MR) is 115 cm³/mol. The highest BCUT2D eigenvalue weighted by Crippen LogP contribution is 2.29. The van der Waals surface area contributed by atoms with Crippen LogP contribution in [0.2, 0.25) is 5.15 Å². The van der Waals surface area contributed by atoms with Crippen LogP contribution in [-0.2, 0) is 13.0 Å². The van der Waals surface area contributed by atoms with Crippen LogP contribution in [0.25, 0.3) is 0 Å². The van der Waals surface area contributed by atoms with Gasteiger partial charge in [-0.15, -0.1) is 0 Å². The topological polar surface area (TPSA) is 70.6 Å². The summed E-state index contributed by atoms with van der Waals surface area (Å²) >= 11 is 5.99. The fourth-order valence-corrected chi connectivity index (χ4v) is 4.50. The highest BCUT2D eigenvalue weighted by Gasteiger charge is 2.40. The first-order chi connectivity index (χ1) is 15.4. The zero-order valence-corrected chi connectivity index (χ0v) is 17.6. The molecule has 8 heteroatoms. The van der Waals surface area contributed by atoms with E-state index < -0.39 is 23.7 Å². The van der Waals surface area contributed by atoms with Crippen LogP contribution in [-0.4, -0.2) is 45.1 Å². The second kappa shape index (κ2) is 7.84. The Balaban J connectivity index is 1.48. The Hall–Kier alpha value is -3.58. The second-order valence-electron chi connectivity index (χ2n) is 7.85. The molecule has 32 heavy (non-hydrogen) atoms. The minimum atomic E-state index is -0.558. The summed E-state index contributed by atoms with van der Waals surface area (Å²) in [6.45, 7) is 0.253. The predicted octanol–water partition coefficient (Wildman–Crippen LogP) is 3.74. The van der Waals surface area contributed by atoms with Crippen LogP contribution in [0.5, 0.6) is 0 Å². The van der Waals surface area contributed by atoms with Crippen molar-refractivity contribution < 1.29 is 18.8 Å². The summed E-state index contributed by atoms with van der Waals surface area (Å²) < 4.78 is 13.8. The SMILES string of the molecule is O=C1c2ccccc2C(=O)N1CC(Cc1cccc(F)c1)N1Cc2cc(Cl)ncc2C1=O. The molecule has 1 aromatic heterocycles. The summed E-state index contributed by atoms with van der Waals surface area (Å²) in [6, 6.07) is 13.8. The summed E-state index contributed by atoms with van der Waals surface area (Å²) in [6.07, 6.45) is 1.70. The molecule has 0 aliphatic carbocycles. The standard InChI is InChI=1S/C24H17ClFN3O3/c25-21-10-15-12-28(24(32)20(15)11-27-21)17(9-14-4-3-5-16(26)8-14)13-29-22(30)18-6-1-2-7-19(18)23(29)31/h1-8,10-11,17H,9,12-13H2. The molecule has 3 heterocycles. The van der Waals surface area contributed by atoms with Gasteiger partial charge >= 0.3 is 0 Å². The van der Waals surface area contributed by atoms with Crippen molar-refractivity contribution in [3.05, 3.63) is 99.6 Å². The van der Waals surface area contributed by atoms with Gasteiger partial charge < -0.3 is 4.90 Å². The minimum absolute atomic E-state index is 0.0102. The van der Waals surface area contributed by atoms with Crippen molar-refractivity contribution in [3.63, 3.8) is 0 Å². The summed E-state index contributed by atoms with van der Waals surface area (Å²) in [5.74, 6) is -1.45. The number of pyridine rings is 1. The summed E-state index contributed by atoms with van der Waals surface area (Å²) in [5.41, 5.74) is 2.50. The minimum Gasteiger partial charge on any atom is -0.329 e. The molecule has 0 saturated carbocycles. The molecule has 0 saturated heterocycles. The molecule has 0 radical (unpaired) electrons. The molecule has 3 aromatic rings. The number of nitrogens with zero attached hydrogens (tertiary/aromatic N) is 3. The van der Waals surface area contributed by atoms with Crippen LogP contribution >= 0.6 is 11.6 Å². The van der Waals surface area contributed by atoms with Gasteiger partial charge in [0.05, 0.1) is 29.3 Å². The van der Waals surface area contributed by atoms with E-state index in [2.05, 4.69) is 4.98 Å². The Kier molecular flexibility index (Phi) is 4.98. The Morgan fingerprint density at radius 1 is 0.938 bits per heavy atom. The maximum Gasteiger partial charge on any atom is 0.261 e. The van der Waals surface area contributed by atoms with Crippen LogP contribution in [0.3, 0.4) is 0 Å². The third-order valence-corrected chi connectivity index (χ3v) is 6.07. The summed E-state index contributed by atoms with van der Waals surface area (Å²) in [4.78, 5) is 45.7. The van der Waals surface area contributed by atoms with Crippen molar-refractivity contribution in [1.29, 1.82) is 0 Å². The number of halogens is 2. The molecule has 3 amide bonds. The lowest BCUT2D eigenvalue weighted by Crippen LogP contribution is -2.47. The van der Waals surface area contributed by atoms with Crippen molar-refractivity contribution >= 4 is 29.3 Å². The van der Waals surface area contributed by atoms with Crippen LogP contribution in [0.1, 0.15) is 42.2 Å². The first-order valence-corrected chi connectivity index (χ1v) is 10.4. The summed E-state index contributed by atoms with van der Waals surface area (Å²) in [5, 5.41) is 0.278. The van der Waals surface area contributed by atoms with Crippen LogP contribution < -0.4 is 0 Å². The number of aromatic nitrogens is 1. The fraction of sp³-hybridized carbons (Fsp3) is 0.167. The molecule has 2 aromatic carbocycles. The van der Waals surface area contributed by atoms with E-state index >= 15 is 0 Å². The molecule has 0 spiro atoms. The molecule has 2 aliphatic rings. The number of hydrogen-bond acceptors (Lipinski definition) is 4. The Morgan fingerprint density at radius 2 is 1.66 bits per heavy atom. The number of benzene rings is 2. The number of imide groups is 1. The van der Waals surface area contributed by atoms with Crippen molar-refractivity contribution in [2.45, 2.75) is 19.0 Å². The number of fused-ring (bicyclic) bond motifs is 2. The Morgan fingerprint density at radius 3 is 2.34 bits per heavy atom. The van der Waals surface area contributed by atoms with E-state index in [0.29, 0.717) is 22.3 Å². The van der Waals surface area contributed by atoms with Gasteiger partial charge in [0.2, 0.25) is 0 Å². The van der Waals surface area contributed by atoms with Gasteiger partial charge in [-0.2, -0.15) is 0 Å². The largest absolute Gasteiger partial charge is 0.329 e. The first kappa shape index (κ1) is 20.3. The first-order valence-electron chi connectivity index (χ1n) is 10.1. The second-order valence-corrected chi connectivity index (χ2v) is 8.24. The molecular weight excluding hydrogens is 433 g/mol. The number of carbonyl (C=O) groups is 3. The number of amides is 3. The Bertz CT molecular complexity index is 1240. The molecular formula is C24H17ClFN3O3. The highest BCUT2D eigenvalue weighted by molar-refractivity contribution is 6.29. The number of rotatable bonds is 5. The van der Waals surface area contributed by atoms with E-state index in [1.54, 1.807) is 47.4 Å². The van der Waals surface area contributed by atoms with Gasteiger partial charge in [0.1, 0.15) is 11.0 Å². The molecule has 0 bridgehead atoms. The third-order valence-electron chi connectivity index (χ3n) is 5.86. The molecule has 0 fully saturated rings. The molecule has 0 N–H and O–H groups in total. The molecule has 6 nitrogen and oxygen atoms in total.